The number of carbonyl (C=O) groups excluding carboxylic acids is 1. The van der Waals surface area contributed by atoms with E-state index in [1.165, 1.54) is 11.3 Å². The zero-order valence-electron chi connectivity index (χ0n) is 17.9. The molecular weight excluding hydrogens is 449 g/mol. The molecule has 0 aliphatic carbocycles. The van der Waals surface area contributed by atoms with Gasteiger partial charge in [0.05, 0.1) is 11.1 Å². The van der Waals surface area contributed by atoms with Crippen molar-refractivity contribution in [1.29, 1.82) is 0 Å². The lowest BCUT2D eigenvalue weighted by atomic mass is 9.98. The first-order valence-electron chi connectivity index (χ1n) is 9.65. The van der Waals surface area contributed by atoms with Gasteiger partial charge in [-0.1, -0.05) is 50.6 Å². The summed E-state index contributed by atoms with van der Waals surface area (Å²) in [6, 6.07) is 2.19. The lowest BCUT2D eigenvalue weighted by molar-refractivity contribution is -0.137. The zero-order chi connectivity index (χ0) is 24.1. The molecule has 0 unspecified atom stereocenters. The summed E-state index contributed by atoms with van der Waals surface area (Å²) in [5, 5.41) is 17.0. The van der Waals surface area contributed by atoms with Crippen molar-refractivity contribution in [2.45, 2.75) is 58.7 Å². The molecule has 174 valence electrons. The molecule has 0 saturated carbocycles. The third-order valence-corrected chi connectivity index (χ3v) is 5.41. The van der Waals surface area contributed by atoms with Crippen LogP contribution in [0.3, 0.4) is 0 Å². The van der Waals surface area contributed by atoms with E-state index >= 15 is 0 Å². The molecule has 0 spiro atoms. The van der Waals surface area contributed by atoms with E-state index in [2.05, 4.69) is 15.2 Å². The van der Waals surface area contributed by atoms with E-state index in [4.69, 9.17) is 9.94 Å². The highest BCUT2D eigenvalue weighted by Gasteiger charge is 2.32. The number of alkyl halides is 3. The van der Waals surface area contributed by atoms with Crippen molar-refractivity contribution in [3.05, 3.63) is 39.1 Å². The number of oxime groups is 1. The van der Waals surface area contributed by atoms with Crippen molar-refractivity contribution >= 4 is 29.4 Å². The molecule has 12 heteroatoms. The number of hydrogen-bond acceptors (Lipinski definition) is 6. The second-order valence-corrected chi connectivity index (χ2v) is 8.76. The van der Waals surface area contributed by atoms with E-state index < -0.39 is 29.2 Å². The SMILES string of the molecule is CCCCn1nc(C(C)(C)C)sc1=NC(=O)c1cc(C(F)(F)F)ccc1O/N=C\C(=O)O. The Kier molecular flexibility index (Phi) is 7.94. The Morgan fingerprint density at radius 2 is 1.97 bits per heavy atom. The molecule has 0 radical (unpaired) electrons. The lowest BCUT2D eigenvalue weighted by Crippen LogP contribution is -2.19. The standard InChI is InChI=1S/C20H23F3N4O4S/c1-5-6-9-27-18(32-17(26-27)19(2,3)4)25-16(30)13-10-12(20(21,22)23)7-8-14(13)31-24-11-15(28)29/h7-8,10-11H,5-6,9H2,1-4H3,(H,28,29)/b24-11-,25-18?. The van der Waals surface area contributed by atoms with Crippen LogP contribution in [0.2, 0.25) is 0 Å². The summed E-state index contributed by atoms with van der Waals surface area (Å²) >= 11 is 1.17. The number of halogens is 3. The highest BCUT2D eigenvalue weighted by Crippen LogP contribution is 2.33. The van der Waals surface area contributed by atoms with Gasteiger partial charge in [-0.2, -0.15) is 23.3 Å². The second-order valence-electron chi connectivity index (χ2n) is 7.81. The molecule has 0 saturated heterocycles. The first-order chi connectivity index (χ1) is 14.8. The largest absolute Gasteiger partial charge is 0.477 e. The van der Waals surface area contributed by atoms with Crippen LogP contribution >= 0.6 is 11.3 Å². The number of unbranched alkanes of at least 4 members (excludes halogenated alkanes) is 1. The average Bonchev–Trinajstić information content (AvgIpc) is 3.08. The van der Waals surface area contributed by atoms with Gasteiger partial charge in [0.1, 0.15) is 5.01 Å². The number of amides is 1. The predicted molar refractivity (Wildman–Crippen MR) is 112 cm³/mol. The zero-order valence-corrected chi connectivity index (χ0v) is 18.8. The molecule has 0 aliphatic rings. The van der Waals surface area contributed by atoms with Crippen molar-refractivity contribution in [1.82, 2.24) is 9.78 Å². The van der Waals surface area contributed by atoms with Gasteiger partial charge < -0.3 is 9.94 Å². The summed E-state index contributed by atoms with van der Waals surface area (Å²) in [5.74, 6) is -2.78. The van der Waals surface area contributed by atoms with Crippen LogP contribution in [0.5, 0.6) is 5.75 Å². The number of carboxylic acids is 1. The first kappa shape index (κ1) is 25.2. The Labute approximate surface area is 186 Å². The van der Waals surface area contributed by atoms with Gasteiger partial charge in [0.25, 0.3) is 5.91 Å². The van der Waals surface area contributed by atoms with Gasteiger partial charge in [-0.25, -0.2) is 9.48 Å². The van der Waals surface area contributed by atoms with Crippen LogP contribution in [0.25, 0.3) is 0 Å². The molecule has 0 fully saturated rings. The van der Waals surface area contributed by atoms with Crippen LogP contribution in [-0.4, -0.2) is 33.0 Å². The number of benzene rings is 1. The maximum atomic E-state index is 13.2. The Balaban J connectivity index is 2.58. The molecule has 2 rings (SSSR count). The van der Waals surface area contributed by atoms with Crippen LogP contribution in [-0.2, 0) is 22.9 Å². The highest BCUT2D eigenvalue weighted by molar-refractivity contribution is 7.09. The number of aromatic nitrogens is 2. The van der Waals surface area contributed by atoms with Crippen molar-refractivity contribution < 1.29 is 32.7 Å². The van der Waals surface area contributed by atoms with Crippen LogP contribution in [0.4, 0.5) is 13.2 Å². The first-order valence-corrected chi connectivity index (χ1v) is 10.5. The van der Waals surface area contributed by atoms with Gasteiger partial charge in [-0.05, 0) is 24.6 Å². The molecule has 1 N–H and O–H groups in total. The summed E-state index contributed by atoms with van der Waals surface area (Å²) in [7, 11) is 0. The normalized spacial score (nSPS) is 13.0. The molecule has 0 bridgehead atoms. The van der Waals surface area contributed by atoms with Crippen LogP contribution in [0.15, 0.2) is 28.3 Å². The minimum absolute atomic E-state index is 0.241. The average molecular weight is 472 g/mol. The molecule has 32 heavy (non-hydrogen) atoms. The molecule has 8 nitrogen and oxygen atoms in total. The van der Waals surface area contributed by atoms with E-state index in [9.17, 15) is 22.8 Å². The molecule has 2 aromatic rings. The third-order valence-electron chi connectivity index (χ3n) is 4.03. The number of nitrogens with zero attached hydrogens (tertiary/aromatic N) is 4. The van der Waals surface area contributed by atoms with E-state index in [0.29, 0.717) is 29.9 Å². The molecule has 1 amide bonds. The summed E-state index contributed by atoms with van der Waals surface area (Å²) in [5.41, 5.74) is -1.90. The number of aryl methyl sites for hydroxylation is 1. The van der Waals surface area contributed by atoms with Gasteiger partial charge in [0, 0.05) is 12.0 Å². The molecule has 0 aliphatic heterocycles. The molecule has 1 heterocycles. The quantitative estimate of drug-likeness (QED) is 0.479. The Morgan fingerprint density at radius 1 is 1.28 bits per heavy atom. The van der Waals surface area contributed by atoms with Crippen LogP contribution < -0.4 is 9.64 Å². The van der Waals surface area contributed by atoms with E-state index in [-0.39, 0.29) is 16.0 Å². The summed E-state index contributed by atoms with van der Waals surface area (Å²) in [4.78, 5) is 32.5. The molecular formula is C20H23F3N4O4S. The van der Waals surface area contributed by atoms with Gasteiger partial charge in [0.2, 0.25) is 4.80 Å². The van der Waals surface area contributed by atoms with Gasteiger partial charge in [0.15, 0.2) is 12.0 Å². The van der Waals surface area contributed by atoms with Gasteiger partial charge in [-0.3, -0.25) is 4.79 Å². The molecule has 1 aromatic carbocycles. The fourth-order valence-electron chi connectivity index (χ4n) is 2.38. The Hall–Kier alpha value is -3.02. The maximum Gasteiger partial charge on any atom is 0.416 e. The number of hydrogen-bond donors (Lipinski definition) is 1. The fraction of sp³-hybridized carbons (Fsp3) is 0.450. The minimum Gasteiger partial charge on any atom is -0.477 e. The summed E-state index contributed by atoms with van der Waals surface area (Å²) in [6.45, 7) is 8.32. The number of aliphatic carboxylic acids is 1. The monoisotopic (exact) mass is 472 g/mol. The third kappa shape index (κ3) is 6.74. The van der Waals surface area contributed by atoms with Gasteiger partial charge in [-0.15, -0.1) is 0 Å². The fourth-order valence-corrected chi connectivity index (χ4v) is 3.36. The lowest BCUT2D eigenvalue weighted by Gasteiger charge is -2.12. The highest BCUT2D eigenvalue weighted by atomic mass is 32.1. The Bertz CT molecular complexity index is 1080. The predicted octanol–water partition coefficient (Wildman–Crippen LogP) is 4.25. The van der Waals surface area contributed by atoms with E-state index in [1.807, 2.05) is 27.7 Å². The second kappa shape index (κ2) is 10.1. The summed E-state index contributed by atoms with van der Waals surface area (Å²) in [6.07, 6.45) is -2.66. The topological polar surface area (TPSA) is 106 Å². The number of carboxylic acid groups (broad SMARTS) is 1. The van der Waals surface area contributed by atoms with E-state index in [1.54, 1.807) is 4.68 Å². The van der Waals surface area contributed by atoms with Crippen molar-refractivity contribution in [3.63, 3.8) is 0 Å². The van der Waals surface area contributed by atoms with Crippen molar-refractivity contribution in [2.24, 2.45) is 10.1 Å². The Morgan fingerprint density at radius 3 is 2.53 bits per heavy atom. The van der Waals surface area contributed by atoms with Crippen molar-refractivity contribution in [2.75, 3.05) is 0 Å². The van der Waals surface area contributed by atoms with Crippen LogP contribution in [0.1, 0.15) is 61.5 Å². The number of carbonyl (C=O) groups is 2. The smallest absolute Gasteiger partial charge is 0.416 e. The van der Waals surface area contributed by atoms with Crippen molar-refractivity contribution in [3.8, 4) is 5.75 Å². The van der Waals surface area contributed by atoms with Crippen LogP contribution in [0, 0.1) is 0 Å². The number of rotatable bonds is 7. The van der Waals surface area contributed by atoms with E-state index in [0.717, 1.165) is 18.9 Å². The molecule has 1 aromatic heterocycles. The summed E-state index contributed by atoms with van der Waals surface area (Å²) < 4.78 is 41.1. The van der Waals surface area contributed by atoms with Gasteiger partial charge >= 0.3 is 12.1 Å². The minimum atomic E-state index is -4.71. The molecule has 0 atom stereocenters. The maximum absolute atomic E-state index is 13.2.